The summed E-state index contributed by atoms with van der Waals surface area (Å²) >= 11 is 0. The van der Waals surface area contributed by atoms with E-state index in [4.69, 9.17) is 4.74 Å². The zero-order chi connectivity index (χ0) is 23.0. The Morgan fingerprint density at radius 3 is 2.42 bits per heavy atom. The highest BCUT2D eigenvalue weighted by molar-refractivity contribution is 6.20. The van der Waals surface area contributed by atoms with Gasteiger partial charge in [0.1, 0.15) is 6.10 Å². The zero-order valence-electron chi connectivity index (χ0n) is 19.3. The summed E-state index contributed by atoms with van der Waals surface area (Å²) in [5.41, 5.74) is 5.26. The van der Waals surface area contributed by atoms with E-state index in [2.05, 4.69) is 26.5 Å². The minimum atomic E-state index is -0.208. The Morgan fingerprint density at radius 1 is 1.06 bits per heavy atom. The number of hydrogen-bond donors (Lipinski definition) is 0. The highest BCUT2D eigenvalue weighted by Gasteiger charge is 2.24. The first kappa shape index (κ1) is 24.5. The minimum Gasteiger partial charge on any atom is -0.455 e. The van der Waals surface area contributed by atoms with Gasteiger partial charge in [0.2, 0.25) is 0 Å². The summed E-state index contributed by atoms with van der Waals surface area (Å²) < 4.78 is 5.42. The lowest BCUT2D eigenvalue weighted by Gasteiger charge is -2.24. The number of carbonyl (C=O) groups is 3. The molecule has 0 amide bonds. The van der Waals surface area contributed by atoms with E-state index in [0.29, 0.717) is 17.6 Å². The lowest BCUT2D eigenvalue weighted by molar-refractivity contribution is -0.145. The van der Waals surface area contributed by atoms with E-state index in [1.165, 1.54) is 23.3 Å². The first-order valence-electron chi connectivity index (χ1n) is 11.0. The number of Topliss-reactive ketones (excluding diaryl/α,β-unsaturated/α-hetero) is 1. The minimum absolute atomic E-state index is 0.0366. The molecule has 2 rings (SSSR count). The number of ether oxygens (including phenoxy) is 1. The number of allylic oxidation sites excluding steroid dienone is 9. The molecule has 0 saturated carbocycles. The highest BCUT2D eigenvalue weighted by Crippen LogP contribution is 2.24. The molecule has 0 aromatic carbocycles. The van der Waals surface area contributed by atoms with Gasteiger partial charge in [-0.2, -0.15) is 0 Å². The third-order valence-electron chi connectivity index (χ3n) is 5.69. The van der Waals surface area contributed by atoms with E-state index in [0.717, 1.165) is 49.7 Å². The molecule has 1 saturated heterocycles. The van der Waals surface area contributed by atoms with Gasteiger partial charge in [0.15, 0.2) is 11.6 Å². The van der Waals surface area contributed by atoms with Crippen molar-refractivity contribution in [3.63, 3.8) is 0 Å². The van der Waals surface area contributed by atoms with E-state index in [9.17, 15) is 14.4 Å². The van der Waals surface area contributed by atoms with Gasteiger partial charge < -0.3 is 4.74 Å². The maximum Gasteiger partial charge on any atom is 0.334 e. The van der Waals surface area contributed by atoms with Gasteiger partial charge in [-0.15, -0.1) is 0 Å². The monoisotopic (exact) mass is 422 g/mol. The van der Waals surface area contributed by atoms with E-state index >= 15 is 0 Å². The summed E-state index contributed by atoms with van der Waals surface area (Å²) in [5.74, 6) is -0.352. The fourth-order valence-electron chi connectivity index (χ4n) is 3.66. The topological polar surface area (TPSA) is 60.4 Å². The Morgan fingerprint density at radius 2 is 1.74 bits per heavy atom. The Balaban J connectivity index is 1.74. The summed E-state index contributed by atoms with van der Waals surface area (Å²) in [5, 5.41) is 0. The predicted octanol–water partition coefficient (Wildman–Crippen LogP) is 6.06. The van der Waals surface area contributed by atoms with E-state index < -0.39 is 0 Å². The van der Waals surface area contributed by atoms with Crippen molar-refractivity contribution in [1.29, 1.82) is 0 Å². The van der Waals surface area contributed by atoms with Crippen LogP contribution in [0.15, 0.2) is 70.4 Å². The van der Waals surface area contributed by atoms with Crippen LogP contribution in [-0.2, 0) is 19.1 Å². The van der Waals surface area contributed by atoms with Crippen LogP contribution in [0.1, 0.15) is 72.6 Å². The second-order valence-electron chi connectivity index (χ2n) is 8.62. The predicted molar refractivity (Wildman–Crippen MR) is 124 cm³/mol. The van der Waals surface area contributed by atoms with E-state index in [1.54, 1.807) is 6.92 Å². The van der Waals surface area contributed by atoms with Gasteiger partial charge >= 0.3 is 5.97 Å². The third kappa shape index (κ3) is 7.78. The molecule has 2 aliphatic rings. The number of rotatable bonds is 9. The number of hydrogen-bond acceptors (Lipinski definition) is 4. The fraction of sp³-hybridized carbons (Fsp3) is 0.444. The average molecular weight is 423 g/mol. The van der Waals surface area contributed by atoms with Gasteiger partial charge in [-0.05, 0) is 90.4 Å². The first-order valence-corrected chi connectivity index (χ1v) is 11.0. The third-order valence-corrected chi connectivity index (χ3v) is 5.69. The van der Waals surface area contributed by atoms with Crippen molar-refractivity contribution in [2.75, 3.05) is 0 Å². The number of ketones is 2. The maximum absolute atomic E-state index is 12.1. The molecule has 0 N–H and O–H groups in total. The molecule has 1 atom stereocenters. The lowest BCUT2D eigenvalue weighted by atomic mass is 9.94. The van der Waals surface area contributed by atoms with Crippen LogP contribution in [0.3, 0.4) is 0 Å². The van der Waals surface area contributed by atoms with Crippen LogP contribution in [0, 0.1) is 0 Å². The standard InChI is InChI=1S/C27H34O4/c1-18(2)25-15-14-22(27(30)31-25)11-7-10-19(3)8-6-9-20(4)12-13-23-17-24(28)16-21(5)26(23)29/h8,11-12,16-17,25H,1,6-7,9-10,13-15H2,2-5H3/b19-8+,20-12+,22-11-. The summed E-state index contributed by atoms with van der Waals surface area (Å²) in [4.78, 5) is 35.8. The molecule has 0 radical (unpaired) electrons. The van der Waals surface area contributed by atoms with Gasteiger partial charge in [-0.1, -0.05) is 36.0 Å². The quantitative estimate of drug-likeness (QED) is 0.196. The summed E-state index contributed by atoms with van der Waals surface area (Å²) in [6, 6.07) is 0. The molecule has 1 aliphatic carbocycles. The molecule has 0 spiro atoms. The molecule has 0 bridgehead atoms. The fourth-order valence-corrected chi connectivity index (χ4v) is 3.66. The summed E-state index contributed by atoms with van der Waals surface area (Å²) in [6.45, 7) is 11.6. The Kier molecular flexibility index (Phi) is 9.17. The normalized spacial score (nSPS) is 21.7. The van der Waals surface area contributed by atoms with Crippen LogP contribution in [-0.4, -0.2) is 23.6 Å². The Hall–Kier alpha value is -2.75. The first-order chi connectivity index (χ1) is 14.7. The molecule has 1 unspecified atom stereocenters. The van der Waals surface area contributed by atoms with Crippen LogP contribution in [0.4, 0.5) is 0 Å². The van der Waals surface area contributed by atoms with Crippen molar-refractivity contribution in [3.05, 3.63) is 70.4 Å². The zero-order valence-corrected chi connectivity index (χ0v) is 19.3. The van der Waals surface area contributed by atoms with Crippen molar-refractivity contribution < 1.29 is 19.1 Å². The Labute approximate surface area is 186 Å². The van der Waals surface area contributed by atoms with E-state index in [1.807, 2.05) is 19.1 Å². The molecule has 31 heavy (non-hydrogen) atoms. The Bertz CT molecular complexity index is 906. The van der Waals surface area contributed by atoms with Crippen LogP contribution in [0.5, 0.6) is 0 Å². The molecule has 1 heterocycles. The molecular weight excluding hydrogens is 388 g/mol. The van der Waals surface area contributed by atoms with Crippen LogP contribution in [0.2, 0.25) is 0 Å². The largest absolute Gasteiger partial charge is 0.455 e. The summed E-state index contributed by atoms with van der Waals surface area (Å²) in [7, 11) is 0. The smallest absolute Gasteiger partial charge is 0.334 e. The van der Waals surface area contributed by atoms with Crippen LogP contribution in [0.25, 0.3) is 0 Å². The average Bonchev–Trinajstić information content (AvgIpc) is 2.70. The molecular formula is C27H34O4. The number of carbonyl (C=O) groups excluding carboxylic acids is 3. The van der Waals surface area contributed by atoms with Crippen molar-refractivity contribution in [2.24, 2.45) is 0 Å². The summed E-state index contributed by atoms with van der Waals surface area (Å²) in [6.07, 6.45) is 14.6. The van der Waals surface area contributed by atoms with Crippen molar-refractivity contribution in [2.45, 2.75) is 78.7 Å². The molecule has 166 valence electrons. The second kappa shape index (κ2) is 11.6. The molecule has 4 nitrogen and oxygen atoms in total. The van der Waals surface area contributed by atoms with Crippen LogP contribution >= 0.6 is 0 Å². The SMILES string of the molecule is C=C(C)C1CC/C(=C/CC/C(C)=C/CC/C(C)=C/CC2=CC(=O)C=C(C)C2=O)C(=O)O1. The lowest BCUT2D eigenvalue weighted by Crippen LogP contribution is -2.26. The van der Waals surface area contributed by atoms with Crippen molar-refractivity contribution in [1.82, 2.24) is 0 Å². The van der Waals surface area contributed by atoms with Gasteiger partial charge in [-0.3, -0.25) is 9.59 Å². The number of esters is 1. The molecule has 0 aromatic rings. The van der Waals surface area contributed by atoms with Gasteiger partial charge in [0.25, 0.3) is 0 Å². The molecule has 0 aromatic heterocycles. The van der Waals surface area contributed by atoms with Gasteiger partial charge in [0.05, 0.1) is 0 Å². The van der Waals surface area contributed by atoms with E-state index in [-0.39, 0.29) is 23.6 Å². The molecule has 4 heteroatoms. The van der Waals surface area contributed by atoms with Gasteiger partial charge in [-0.25, -0.2) is 4.79 Å². The van der Waals surface area contributed by atoms with Gasteiger partial charge in [0, 0.05) is 16.7 Å². The second-order valence-corrected chi connectivity index (χ2v) is 8.62. The maximum atomic E-state index is 12.1. The molecule has 1 fully saturated rings. The van der Waals surface area contributed by atoms with Crippen molar-refractivity contribution >= 4 is 17.5 Å². The number of cyclic esters (lactones) is 1. The van der Waals surface area contributed by atoms with Crippen LogP contribution < -0.4 is 0 Å². The highest BCUT2D eigenvalue weighted by atomic mass is 16.5. The molecule has 1 aliphatic heterocycles. The van der Waals surface area contributed by atoms with Crippen molar-refractivity contribution in [3.8, 4) is 0 Å².